The van der Waals surface area contributed by atoms with Crippen LogP contribution < -0.4 is 5.32 Å². The van der Waals surface area contributed by atoms with Gasteiger partial charge in [0, 0.05) is 25.0 Å². The van der Waals surface area contributed by atoms with Crippen LogP contribution in [0.15, 0.2) is 24.3 Å². The molecule has 1 aliphatic rings. The number of carboxylic acid groups (broad SMARTS) is 1. The smallest absolute Gasteiger partial charge is 0.317 e. The van der Waals surface area contributed by atoms with Crippen LogP contribution in [0.1, 0.15) is 32.3 Å². The molecule has 1 aliphatic heterocycles. The van der Waals surface area contributed by atoms with Crippen LogP contribution in [-0.2, 0) is 10.2 Å². The van der Waals surface area contributed by atoms with Crippen molar-refractivity contribution in [3.8, 4) is 0 Å². The average molecular weight is 322 g/mol. The van der Waals surface area contributed by atoms with Gasteiger partial charge in [0.25, 0.3) is 0 Å². The van der Waals surface area contributed by atoms with Crippen LogP contribution in [-0.4, -0.2) is 41.6 Å². The molecule has 6 heteroatoms. The van der Waals surface area contributed by atoms with Crippen LogP contribution in [0.5, 0.6) is 0 Å². The zero-order valence-electron chi connectivity index (χ0n) is 13.5. The lowest BCUT2D eigenvalue weighted by Crippen LogP contribution is -2.48. The molecule has 5 nitrogen and oxygen atoms in total. The van der Waals surface area contributed by atoms with E-state index in [9.17, 15) is 14.0 Å². The van der Waals surface area contributed by atoms with Gasteiger partial charge in [0.15, 0.2) is 0 Å². The monoisotopic (exact) mass is 322 g/mol. The van der Waals surface area contributed by atoms with Crippen LogP contribution in [0.4, 0.5) is 9.18 Å². The van der Waals surface area contributed by atoms with Crippen molar-refractivity contribution in [1.82, 2.24) is 10.2 Å². The average Bonchev–Trinajstić information content (AvgIpc) is 2.53. The van der Waals surface area contributed by atoms with E-state index in [1.807, 2.05) is 13.8 Å². The van der Waals surface area contributed by atoms with Crippen molar-refractivity contribution < 1.29 is 19.1 Å². The maximum absolute atomic E-state index is 13.0. The number of hydrogen-bond donors (Lipinski definition) is 2. The van der Waals surface area contributed by atoms with E-state index in [-0.39, 0.29) is 23.2 Å². The zero-order chi connectivity index (χ0) is 17.0. The molecule has 1 saturated heterocycles. The Morgan fingerprint density at radius 2 is 1.83 bits per heavy atom. The van der Waals surface area contributed by atoms with E-state index in [0.717, 1.165) is 5.56 Å². The van der Waals surface area contributed by atoms with Gasteiger partial charge in [-0.1, -0.05) is 26.0 Å². The maximum Gasteiger partial charge on any atom is 0.317 e. The maximum atomic E-state index is 13.0. The molecule has 0 spiro atoms. The molecule has 1 aromatic rings. The van der Waals surface area contributed by atoms with E-state index in [2.05, 4.69) is 5.32 Å². The number of rotatable bonds is 4. The quantitative estimate of drug-likeness (QED) is 0.895. The van der Waals surface area contributed by atoms with Crippen molar-refractivity contribution in [2.24, 2.45) is 5.92 Å². The third kappa shape index (κ3) is 4.43. The Balaban J connectivity index is 1.86. The number of piperidine rings is 1. The molecule has 126 valence electrons. The van der Waals surface area contributed by atoms with Crippen molar-refractivity contribution in [2.45, 2.75) is 32.1 Å². The second-order valence-electron chi connectivity index (χ2n) is 6.65. The summed E-state index contributed by atoms with van der Waals surface area (Å²) in [6.45, 7) is 5.31. The number of nitrogens with one attached hydrogen (secondary N) is 1. The molecule has 2 rings (SSSR count). The summed E-state index contributed by atoms with van der Waals surface area (Å²) in [7, 11) is 0. The summed E-state index contributed by atoms with van der Waals surface area (Å²) < 4.78 is 13.0. The Morgan fingerprint density at radius 1 is 1.26 bits per heavy atom. The normalized spacial score (nSPS) is 16.2. The minimum atomic E-state index is -0.789. The van der Waals surface area contributed by atoms with Crippen LogP contribution in [0.25, 0.3) is 0 Å². The molecule has 2 N–H and O–H groups in total. The van der Waals surface area contributed by atoms with Crippen LogP contribution in [0.3, 0.4) is 0 Å². The van der Waals surface area contributed by atoms with Crippen molar-refractivity contribution in [1.29, 1.82) is 0 Å². The van der Waals surface area contributed by atoms with E-state index in [1.54, 1.807) is 17.0 Å². The lowest BCUT2D eigenvalue weighted by atomic mass is 9.84. The molecule has 0 radical (unpaired) electrons. The molecule has 1 fully saturated rings. The highest BCUT2D eigenvalue weighted by molar-refractivity contribution is 5.75. The van der Waals surface area contributed by atoms with Gasteiger partial charge in [-0.05, 0) is 30.5 Å². The number of benzene rings is 1. The molecule has 23 heavy (non-hydrogen) atoms. The molecule has 0 saturated carbocycles. The zero-order valence-corrected chi connectivity index (χ0v) is 13.5. The van der Waals surface area contributed by atoms with Gasteiger partial charge in [-0.2, -0.15) is 0 Å². The highest BCUT2D eigenvalue weighted by Gasteiger charge is 2.28. The van der Waals surface area contributed by atoms with E-state index < -0.39 is 5.97 Å². The van der Waals surface area contributed by atoms with Gasteiger partial charge in [-0.25, -0.2) is 9.18 Å². The minimum Gasteiger partial charge on any atom is -0.481 e. The minimum absolute atomic E-state index is 0.177. The predicted octanol–water partition coefficient (Wildman–Crippen LogP) is 2.61. The Hall–Kier alpha value is -2.11. The number of carbonyl (C=O) groups excluding carboxylic acids is 1. The number of halogens is 1. The van der Waals surface area contributed by atoms with Crippen LogP contribution >= 0.6 is 0 Å². The second kappa shape index (κ2) is 6.98. The summed E-state index contributed by atoms with van der Waals surface area (Å²) in [5.74, 6) is -1.42. The molecule has 0 bridgehead atoms. The SMILES string of the molecule is CC(C)(CNC(=O)N1CCC(C(=O)O)CC1)c1ccc(F)cc1. The van der Waals surface area contributed by atoms with Gasteiger partial charge < -0.3 is 15.3 Å². The van der Waals surface area contributed by atoms with Crippen LogP contribution in [0, 0.1) is 11.7 Å². The number of carboxylic acids is 1. The number of likely N-dealkylation sites (tertiary alicyclic amines) is 1. The largest absolute Gasteiger partial charge is 0.481 e. The molecular weight excluding hydrogens is 299 g/mol. The fourth-order valence-electron chi connectivity index (χ4n) is 2.74. The second-order valence-corrected chi connectivity index (χ2v) is 6.65. The fourth-order valence-corrected chi connectivity index (χ4v) is 2.74. The van der Waals surface area contributed by atoms with Gasteiger partial charge in [0.2, 0.25) is 0 Å². The Bertz CT molecular complexity index is 564. The van der Waals surface area contributed by atoms with Crippen molar-refractivity contribution in [3.05, 3.63) is 35.6 Å². The van der Waals surface area contributed by atoms with Gasteiger partial charge >= 0.3 is 12.0 Å². The number of amides is 2. The molecule has 0 unspecified atom stereocenters. The number of aliphatic carboxylic acids is 1. The highest BCUT2D eigenvalue weighted by Crippen LogP contribution is 2.23. The van der Waals surface area contributed by atoms with E-state index in [0.29, 0.717) is 32.5 Å². The summed E-state index contributed by atoms with van der Waals surface area (Å²) >= 11 is 0. The first-order chi connectivity index (χ1) is 10.8. The first-order valence-corrected chi connectivity index (χ1v) is 7.81. The first-order valence-electron chi connectivity index (χ1n) is 7.81. The molecule has 0 aromatic heterocycles. The van der Waals surface area contributed by atoms with E-state index in [4.69, 9.17) is 5.11 Å². The lowest BCUT2D eigenvalue weighted by molar-refractivity contribution is -0.143. The molecule has 0 aliphatic carbocycles. The van der Waals surface area contributed by atoms with E-state index >= 15 is 0 Å². The van der Waals surface area contributed by atoms with Crippen molar-refractivity contribution in [2.75, 3.05) is 19.6 Å². The summed E-state index contributed by atoms with van der Waals surface area (Å²) in [6.07, 6.45) is 0.980. The van der Waals surface area contributed by atoms with Gasteiger partial charge in [-0.3, -0.25) is 4.79 Å². The standard InChI is InChI=1S/C17H23FN2O3/c1-17(2,13-3-5-14(18)6-4-13)11-19-16(23)20-9-7-12(8-10-20)15(21)22/h3-6,12H,7-11H2,1-2H3,(H,19,23)(H,21,22). The predicted molar refractivity (Wildman–Crippen MR) is 84.8 cm³/mol. The fraction of sp³-hybridized carbons (Fsp3) is 0.529. The summed E-state index contributed by atoms with van der Waals surface area (Å²) in [4.78, 5) is 24.8. The molecule has 1 aromatic carbocycles. The molecular formula is C17H23FN2O3. The number of carbonyl (C=O) groups is 2. The molecule has 1 heterocycles. The summed E-state index contributed by atoms with van der Waals surface area (Å²) in [6, 6.07) is 6.09. The van der Waals surface area contributed by atoms with Gasteiger partial charge in [-0.15, -0.1) is 0 Å². The Kier molecular flexibility index (Phi) is 5.23. The molecule has 0 atom stereocenters. The number of nitrogens with zero attached hydrogens (tertiary/aromatic N) is 1. The van der Waals surface area contributed by atoms with Crippen LogP contribution in [0.2, 0.25) is 0 Å². The van der Waals surface area contributed by atoms with Gasteiger partial charge in [0.1, 0.15) is 5.82 Å². The van der Waals surface area contributed by atoms with Crippen molar-refractivity contribution >= 4 is 12.0 Å². The third-order valence-electron chi connectivity index (χ3n) is 4.44. The lowest BCUT2D eigenvalue weighted by Gasteiger charge is -2.32. The first kappa shape index (κ1) is 17.2. The summed E-state index contributed by atoms with van der Waals surface area (Å²) in [5.41, 5.74) is 0.631. The third-order valence-corrected chi connectivity index (χ3v) is 4.44. The van der Waals surface area contributed by atoms with Crippen molar-refractivity contribution in [3.63, 3.8) is 0 Å². The Labute approximate surface area is 135 Å². The number of urea groups is 1. The highest BCUT2D eigenvalue weighted by atomic mass is 19.1. The topological polar surface area (TPSA) is 69.6 Å². The summed E-state index contributed by atoms with van der Waals surface area (Å²) in [5, 5.41) is 11.9. The number of hydrogen-bond acceptors (Lipinski definition) is 2. The Morgan fingerprint density at radius 3 is 2.35 bits per heavy atom. The van der Waals surface area contributed by atoms with Gasteiger partial charge in [0.05, 0.1) is 5.92 Å². The van der Waals surface area contributed by atoms with E-state index in [1.165, 1.54) is 12.1 Å². The molecule has 2 amide bonds.